The molecular weight excluding hydrogens is 441 g/mol. The standard InChI is InChI=1S/C8H5F14O3P/c9-3(10,5(13,14)7(17,18)19)1-24-26(23)25-2-4(11,12)6(15,16)8(20,21)22/h26H,1-2H2. The Bertz CT molecular complexity index is 465. The van der Waals surface area contributed by atoms with Gasteiger partial charge in [0.15, 0.2) is 0 Å². The summed E-state index contributed by atoms with van der Waals surface area (Å²) in [4.78, 5) is 0. The van der Waals surface area contributed by atoms with Crippen LogP contribution in [0.3, 0.4) is 0 Å². The summed E-state index contributed by atoms with van der Waals surface area (Å²) >= 11 is 0. The molecule has 18 heteroatoms. The first-order valence-electron chi connectivity index (χ1n) is 5.54. The largest absolute Gasteiger partial charge is 0.459 e. The van der Waals surface area contributed by atoms with Gasteiger partial charge in [0.1, 0.15) is 13.2 Å². The number of alkyl halides is 14. The molecule has 0 saturated carbocycles. The fraction of sp³-hybridized carbons (Fsp3) is 1.00. The Hall–Kier alpha value is -0.830. The maximum absolute atomic E-state index is 12.7. The quantitative estimate of drug-likeness (QED) is 0.386. The Morgan fingerprint density at radius 1 is 0.538 bits per heavy atom. The van der Waals surface area contributed by atoms with E-state index in [1.807, 2.05) is 0 Å². The van der Waals surface area contributed by atoms with Crippen molar-refractivity contribution < 1.29 is 75.1 Å². The van der Waals surface area contributed by atoms with Crippen molar-refractivity contribution in [3.8, 4) is 0 Å². The lowest BCUT2D eigenvalue weighted by Gasteiger charge is -2.28. The molecule has 0 saturated heterocycles. The molecule has 0 fully saturated rings. The Labute approximate surface area is 134 Å². The van der Waals surface area contributed by atoms with Crippen LogP contribution < -0.4 is 0 Å². The van der Waals surface area contributed by atoms with Crippen LogP contribution in [0.2, 0.25) is 0 Å². The van der Waals surface area contributed by atoms with Crippen LogP contribution in [0.4, 0.5) is 61.5 Å². The van der Waals surface area contributed by atoms with E-state index in [4.69, 9.17) is 0 Å². The van der Waals surface area contributed by atoms with Crippen molar-refractivity contribution in [2.45, 2.75) is 36.0 Å². The molecule has 158 valence electrons. The predicted molar refractivity (Wildman–Crippen MR) is 52.8 cm³/mol. The summed E-state index contributed by atoms with van der Waals surface area (Å²) in [7, 11) is -4.88. The van der Waals surface area contributed by atoms with Crippen LogP contribution >= 0.6 is 8.25 Å². The smallest absolute Gasteiger partial charge is 0.304 e. The minimum atomic E-state index is -6.81. The van der Waals surface area contributed by atoms with Crippen LogP contribution in [0.5, 0.6) is 0 Å². The van der Waals surface area contributed by atoms with E-state index < -0.39 is 57.5 Å². The van der Waals surface area contributed by atoms with E-state index in [2.05, 4.69) is 9.05 Å². The second kappa shape index (κ2) is 7.30. The third kappa shape index (κ3) is 5.12. The van der Waals surface area contributed by atoms with Gasteiger partial charge in [-0.2, -0.15) is 61.5 Å². The molecule has 0 aromatic heterocycles. The van der Waals surface area contributed by atoms with Crippen LogP contribution in [0, 0.1) is 0 Å². The van der Waals surface area contributed by atoms with E-state index in [9.17, 15) is 66.0 Å². The van der Waals surface area contributed by atoms with E-state index in [0.717, 1.165) is 0 Å². The SMILES string of the molecule is O=[PH](OCC(F)(F)C(F)(F)C(F)(F)F)OCC(F)(F)C(F)(F)C(F)(F)F. The van der Waals surface area contributed by atoms with Crippen LogP contribution in [0.1, 0.15) is 0 Å². The molecule has 0 amide bonds. The molecule has 0 bridgehead atoms. The van der Waals surface area contributed by atoms with E-state index in [1.165, 1.54) is 0 Å². The topological polar surface area (TPSA) is 35.5 Å². The fourth-order valence-corrected chi connectivity index (χ4v) is 1.62. The summed E-state index contributed by atoms with van der Waals surface area (Å²) < 4.78 is 188. The third-order valence-electron chi connectivity index (χ3n) is 2.37. The van der Waals surface area contributed by atoms with Gasteiger partial charge in [-0.15, -0.1) is 0 Å². The van der Waals surface area contributed by atoms with E-state index >= 15 is 0 Å². The Balaban J connectivity index is 4.90. The van der Waals surface area contributed by atoms with Crippen LogP contribution in [0.25, 0.3) is 0 Å². The van der Waals surface area contributed by atoms with Gasteiger partial charge in [-0.05, 0) is 0 Å². The average Bonchev–Trinajstić information content (AvgIpc) is 2.40. The molecule has 0 aliphatic carbocycles. The van der Waals surface area contributed by atoms with Crippen molar-refractivity contribution in [3.05, 3.63) is 0 Å². The second-order valence-electron chi connectivity index (χ2n) is 4.38. The van der Waals surface area contributed by atoms with Crippen molar-refractivity contribution in [1.29, 1.82) is 0 Å². The zero-order valence-electron chi connectivity index (χ0n) is 11.4. The lowest BCUT2D eigenvalue weighted by molar-refractivity contribution is -0.359. The van der Waals surface area contributed by atoms with Gasteiger partial charge in [0.05, 0.1) is 0 Å². The highest BCUT2D eigenvalue weighted by Gasteiger charge is 2.74. The molecule has 0 atom stereocenters. The first kappa shape index (κ1) is 25.2. The molecule has 0 aromatic rings. The average molecular weight is 446 g/mol. The summed E-state index contributed by atoms with van der Waals surface area (Å²) in [6, 6.07) is 0. The summed E-state index contributed by atoms with van der Waals surface area (Å²) in [5.41, 5.74) is 0. The van der Waals surface area contributed by atoms with Crippen molar-refractivity contribution >= 4 is 8.25 Å². The number of halogens is 14. The molecule has 0 spiro atoms. The number of hydrogen-bond acceptors (Lipinski definition) is 3. The molecule has 0 aliphatic heterocycles. The highest BCUT2D eigenvalue weighted by atomic mass is 31.1. The molecule has 0 heterocycles. The summed E-state index contributed by atoms with van der Waals surface area (Å²) in [6.07, 6.45) is -13.6. The van der Waals surface area contributed by atoms with Gasteiger partial charge in [-0.25, -0.2) is 0 Å². The lowest BCUT2D eigenvalue weighted by Crippen LogP contribution is -2.54. The number of rotatable bonds is 8. The van der Waals surface area contributed by atoms with Gasteiger partial charge in [0.2, 0.25) is 0 Å². The molecule has 0 aromatic carbocycles. The predicted octanol–water partition coefficient (Wildman–Crippen LogP) is 5.08. The summed E-state index contributed by atoms with van der Waals surface area (Å²) in [5.74, 6) is -25.6. The van der Waals surface area contributed by atoms with Crippen molar-refractivity contribution in [1.82, 2.24) is 0 Å². The lowest BCUT2D eigenvalue weighted by atomic mass is 10.2. The maximum Gasteiger partial charge on any atom is 0.459 e. The van der Waals surface area contributed by atoms with Crippen LogP contribution in [0.15, 0.2) is 0 Å². The van der Waals surface area contributed by atoms with Gasteiger partial charge < -0.3 is 9.05 Å². The van der Waals surface area contributed by atoms with E-state index in [0.29, 0.717) is 0 Å². The monoisotopic (exact) mass is 446 g/mol. The number of hydrogen-bond donors (Lipinski definition) is 0. The van der Waals surface area contributed by atoms with Crippen molar-refractivity contribution in [3.63, 3.8) is 0 Å². The molecule has 0 aliphatic rings. The Morgan fingerprint density at radius 3 is 0.962 bits per heavy atom. The van der Waals surface area contributed by atoms with Gasteiger partial charge in [-0.3, -0.25) is 4.57 Å². The van der Waals surface area contributed by atoms with Gasteiger partial charge in [0, 0.05) is 0 Å². The first-order chi connectivity index (χ1) is 11.1. The molecule has 3 nitrogen and oxygen atoms in total. The minimum absolute atomic E-state index is 3.03. The van der Waals surface area contributed by atoms with E-state index in [1.54, 1.807) is 0 Å². The molecule has 26 heavy (non-hydrogen) atoms. The molecular formula is C8H5F14O3P. The molecule has 0 N–H and O–H groups in total. The minimum Gasteiger partial charge on any atom is -0.304 e. The van der Waals surface area contributed by atoms with E-state index in [-0.39, 0.29) is 0 Å². The zero-order valence-corrected chi connectivity index (χ0v) is 12.4. The first-order valence-corrected chi connectivity index (χ1v) is 6.77. The molecule has 0 rings (SSSR count). The fourth-order valence-electron chi connectivity index (χ4n) is 0.937. The normalized spacial score (nSPS) is 15.7. The van der Waals surface area contributed by atoms with Crippen molar-refractivity contribution in [2.24, 2.45) is 0 Å². The highest BCUT2D eigenvalue weighted by molar-refractivity contribution is 7.33. The van der Waals surface area contributed by atoms with Gasteiger partial charge in [-0.1, -0.05) is 0 Å². The molecule has 0 radical (unpaired) electrons. The third-order valence-corrected chi connectivity index (χ3v) is 3.13. The highest BCUT2D eigenvalue weighted by Crippen LogP contribution is 2.49. The van der Waals surface area contributed by atoms with Crippen LogP contribution in [-0.4, -0.2) is 49.3 Å². The summed E-state index contributed by atoms with van der Waals surface area (Å²) in [6.45, 7) is -6.06. The Morgan fingerprint density at radius 2 is 0.769 bits per heavy atom. The Kier molecular flexibility index (Phi) is 7.06. The van der Waals surface area contributed by atoms with Gasteiger partial charge >= 0.3 is 44.3 Å². The van der Waals surface area contributed by atoms with Crippen molar-refractivity contribution in [2.75, 3.05) is 13.2 Å². The molecule has 0 unspecified atom stereocenters. The zero-order chi connectivity index (χ0) is 21.4. The van der Waals surface area contributed by atoms with Crippen LogP contribution in [-0.2, 0) is 13.6 Å². The summed E-state index contributed by atoms with van der Waals surface area (Å²) in [5, 5.41) is 0. The maximum atomic E-state index is 12.7. The van der Waals surface area contributed by atoms with Gasteiger partial charge in [0.25, 0.3) is 0 Å². The second-order valence-corrected chi connectivity index (χ2v) is 5.46.